The molecule has 0 bridgehead atoms. The number of aryl methyl sites for hydroxylation is 1. The normalized spacial score (nSPS) is 17.7. The van der Waals surface area contributed by atoms with Gasteiger partial charge in [-0.15, -0.1) is 0 Å². The summed E-state index contributed by atoms with van der Waals surface area (Å²) in [6, 6.07) is 7.06. The molecule has 0 radical (unpaired) electrons. The number of rotatable bonds is 14. The van der Waals surface area contributed by atoms with Crippen LogP contribution in [-0.4, -0.2) is 98.2 Å². The Balaban J connectivity index is 0.000000312. The van der Waals surface area contributed by atoms with Crippen LogP contribution in [0.5, 0.6) is 0 Å². The Hall–Kier alpha value is -4.21. The second-order valence-corrected chi connectivity index (χ2v) is 17.1. The van der Waals surface area contributed by atoms with Gasteiger partial charge in [-0.25, -0.2) is 5.43 Å². The number of methoxy groups -OCH3 is 1. The summed E-state index contributed by atoms with van der Waals surface area (Å²) in [4.78, 5) is 42.2. The van der Waals surface area contributed by atoms with Crippen molar-refractivity contribution in [3.63, 3.8) is 0 Å². The lowest BCUT2D eigenvalue weighted by Gasteiger charge is -2.30. The van der Waals surface area contributed by atoms with Gasteiger partial charge in [-0.05, 0) is 94.2 Å². The molecular formula is C46H69F3N6O6. The second kappa shape index (κ2) is 22.8. The molecule has 2 N–H and O–H groups in total. The molecule has 2 amide bonds. The molecule has 61 heavy (non-hydrogen) atoms. The van der Waals surface area contributed by atoms with E-state index in [1.54, 1.807) is 31.3 Å². The Morgan fingerprint density at radius 3 is 2.33 bits per heavy atom. The van der Waals surface area contributed by atoms with E-state index in [1.807, 2.05) is 66.7 Å². The Morgan fingerprint density at radius 1 is 1.03 bits per heavy atom. The number of ether oxygens (including phenoxy) is 3. The van der Waals surface area contributed by atoms with Crippen molar-refractivity contribution < 1.29 is 41.8 Å². The summed E-state index contributed by atoms with van der Waals surface area (Å²) in [7, 11) is 1.55. The van der Waals surface area contributed by atoms with Crippen LogP contribution in [0.1, 0.15) is 110 Å². The van der Waals surface area contributed by atoms with Crippen molar-refractivity contribution in [2.45, 2.75) is 125 Å². The Kier molecular flexibility index (Phi) is 18.4. The van der Waals surface area contributed by atoms with E-state index in [0.717, 1.165) is 61.0 Å². The van der Waals surface area contributed by atoms with Crippen molar-refractivity contribution in [3.8, 4) is 11.3 Å². The second-order valence-electron chi connectivity index (χ2n) is 17.1. The first-order valence-corrected chi connectivity index (χ1v) is 22.0. The highest BCUT2D eigenvalue weighted by Crippen LogP contribution is 2.43. The third-order valence-corrected chi connectivity index (χ3v) is 11.7. The number of pyridine rings is 1. The van der Waals surface area contributed by atoms with Gasteiger partial charge in [0.1, 0.15) is 12.6 Å². The zero-order valence-corrected chi connectivity index (χ0v) is 37.8. The van der Waals surface area contributed by atoms with Crippen molar-refractivity contribution in [1.29, 1.82) is 0 Å². The van der Waals surface area contributed by atoms with Crippen molar-refractivity contribution >= 4 is 34.9 Å². The highest BCUT2D eigenvalue weighted by Gasteiger charge is 2.35. The minimum absolute atomic E-state index is 0.0158. The number of hydrazine groups is 1. The number of hydrogen-bond donors (Lipinski definition) is 2. The third kappa shape index (κ3) is 13.4. The minimum atomic E-state index is -4.46. The number of morpholine rings is 1. The van der Waals surface area contributed by atoms with Crippen LogP contribution < -0.4 is 15.6 Å². The van der Waals surface area contributed by atoms with E-state index >= 15 is 0 Å². The van der Waals surface area contributed by atoms with Crippen molar-refractivity contribution in [2.24, 2.45) is 17.3 Å². The molecule has 15 heteroatoms. The number of anilines is 1. The van der Waals surface area contributed by atoms with Crippen LogP contribution in [0.15, 0.2) is 30.5 Å². The van der Waals surface area contributed by atoms with E-state index in [-0.39, 0.29) is 24.3 Å². The molecule has 340 valence electrons. The molecule has 1 aliphatic carbocycles. The lowest BCUT2D eigenvalue weighted by Crippen LogP contribution is -2.55. The fraction of sp³-hybridized carbons (Fsp3) is 0.652. The Morgan fingerprint density at radius 2 is 1.72 bits per heavy atom. The number of aromatic nitrogens is 2. The Bertz CT molecular complexity index is 1880. The lowest BCUT2D eigenvalue weighted by molar-refractivity contribution is -0.140. The highest BCUT2D eigenvalue weighted by atomic mass is 19.4. The molecule has 1 aromatic carbocycles. The van der Waals surface area contributed by atoms with Gasteiger partial charge in [-0.3, -0.25) is 24.4 Å². The molecule has 12 nitrogen and oxygen atoms in total. The number of nitrogens with zero attached hydrogens (tertiary/aromatic N) is 4. The van der Waals surface area contributed by atoms with Gasteiger partial charge in [0.25, 0.3) is 12.4 Å². The van der Waals surface area contributed by atoms with Crippen LogP contribution in [0.4, 0.5) is 18.9 Å². The van der Waals surface area contributed by atoms with Gasteiger partial charge in [0, 0.05) is 73.0 Å². The fourth-order valence-electron chi connectivity index (χ4n) is 8.44. The van der Waals surface area contributed by atoms with Gasteiger partial charge >= 0.3 is 6.18 Å². The highest BCUT2D eigenvalue weighted by molar-refractivity contribution is 5.95. The number of amides is 2. The number of alkyl halides is 3. The van der Waals surface area contributed by atoms with Crippen LogP contribution in [0.3, 0.4) is 0 Å². The minimum Gasteiger partial charge on any atom is -0.467 e. The summed E-state index contributed by atoms with van der Waals surface area (Å²) in [5.74, 6) is 0.499. The number of carbonyl (C=O) groups excluding carboxylic acids is 3. The van der Waals surface area contributed by atoms with Gasteiger partial charge in [0.2, 0.25) is 5.91 Å². The van der Waals surface area contributed by atoms with Gasteiger partial charge in [0.15, 0.2) is 0 Å². The number of halogens is 3. The quantitative estimate of drug-likeness (QED) is 0.154. The van der Waals surface area contributed by atoms with Crippen LogP contribution in [-0.2, 0) is 41.6 Å². The fourth-order valence-corrected chi connectivity index (χ4v) is 8.44. The number of benzene rings is 1. The van der Waals surface area contributed by atoms with E-state index in [9.17, 15) is 27.6 Å². The lowest BCUT2D eigenvalue weighted by atomic mass is 9.84. The summed E-state index contributed by atoms with van der Waals surface area (Å²) in [6.07, 6.45) is 4.05. The molecule has 3 fully saturated rings. The average molecular weight is 859 g/mol. The number of fused-ring (bicyclic) bond motifs is 1. The topological polar surface area (TPSA) is 127 Å². The Labute approximate surface area is 360 Å². The van der Waals surface area contributed by atoms with E-state index in [2.05, 4.69) is 20.6 Å². The van der Waals surface area contributed by atoms with Crippen molar-refractivity contribution in [2.75, 3.05) is 58.0 Å². The summed E-state index contributed by atoms with van der Waals surface area (Å²) < 4.78 is 59.9. The molecule has 3 aliphatic rings. The molecular weight excluding hydrogens is 790 g/mol. The first-order valence-electron chi connectivity index (χ1n) is 22.0. The van der Waals surface area contributed by atoms with Gasteiger partial charge in [-0.2, -0.15) is 13.2 Å². The number of carbonyl (C=O) groups is 3. The number of nitrogens with one attached hydrogen (secondary N) is 2. The number of hydrogen-bond acceptors (Lipinski definition) is 9. The third-order valence-electron chi connectivity index (χ3n) is 11.7. The molecule has 2 aliphatic heterocycles. The molecule has 3 unspecified atom stereocenters. The first-order chi connectivity index (χ1) is 29.0. The van der Waals surface area contributed by atoms with Crippen LogP contribution in [0.25, 0.3) is 22.2 Å². The van der Waals surface area contributed by atoms with E-state index < -0.39 is 30.3 Å². The molecule has 4 heterocycles. The van der Waals surface area contributed by atoms with Gasteiger partial charge in [0.05, 0.1) is 37.3 Å². The summed E-state index contributed by atoms with van der Waals surface area (Å²) >= 11 is 0. The van der Waals surface area contributed by atoms with Crippen LogP contribution in [0.2, 0.25) is 0 Å². The average Bonchev–Trinajstić information content (AvgIpc) is 3.89. The maximum absolute atomic E-state index is 14.1. The largest absolute Gasteiger partial charge is 0.467 e. The predicted octanol–water partition coefficient (Wildman–Crippen LogP) is 8.33. The van der Waals surface area contributed by atoms with Crippen molar-refractivity contribution in [3.05, 3.63) is 47.3 Å². The zero-order valence-electron chi connectivity index (χ0n) is 37.8. The molecule has 2 saturated heterocycles. The maximum Gasteiger partial charge on any atom is 0.406 e. The molecule has 1 saturated carbocycles. The molecule has 3 atom stereocenters. The summed E-state index contributed by atoms with van der Waals surface area (Å²) in [6.45, 7) is 18.9. The van der Waals surface area contributed by atoms with Gasteiger partial charge in [-0.1, -0.05) is 47.5 Å². The summed E-state index contributed by atoms with van der Waals surface area (Å²) in [5, 5.41) is 5.26. The SMILES string of the molecule is CC.CC(NC(=O)C(C)C1CCCC1)C(=O)N1CCCCN1.COC(C)c1ncc(C)cc1-c1c(CC(C)(C)COC=O)c2cc(N3CCOCC3)ccc2n1CC(F)(F)F. The zero-order chi connectivity index (χ0) is 44.9. The smallest absolute Gasteiger partial charge is 0.406 e. The summed E-state index contributed by atoms with van der Waals surface area (Å²) in [5.41, 5.74) is 7.14. The molecule has 2 aromatic heterocycles. The molecule has 3 aromatic rings. The standard InChI is InChI=1S/C29H36F3N3O4.C15H27N3O2.C2H6/c1-19-12-23(26(33-15-19)20(2)37-5)27-24(14-28(3,4)17-39-18-36)22-13-21(34-8-10-38-11-9-34)6-7-25(22)35(27)16-29(30,31)32;1-11(13-7-3-4-8-13)14(19)17-12(2)15(20)18-10-6-5-9-16-18;1-2/h6-7,12-13,15,18,20H,8-11,14,16-17H2,1-5H3;11-13,16H,3-10H2,1-2H3,(H,17,19);1-2H3. The molecule has 6 rings (SSSR count). The van der Waals surface area contributed by atoms with E-state index in [0.29, 0.717) is 67.6 Å². The van der Waals surface area contributed by atoms with Crippen LogP contribution in [0, 0.1) is 24.2 Å². The monoisotopic (exact) mass is 859 g/mol. The van der Waals surface area contributed by atoms with Crippen LogP contribution >= 0.6 is 0 Å². The van der Waals surface area contributed by atoms with E-state index in [1.165, 1.54) is 17.4 Å². The molecule has 0 spiro atoms. The van der Waals surface area contributed by atoms with Crippen molar-refractivity contribution in [1.82, 2.24) is 25.3 Å². The van der Waals surface area contributed by atoms with Gasteiger partial charge < -0.3 is 29.0 Å². The maximum atomic E-state index is 14.1. The first kappa shape index (κ1) is 49.4. The van der Waals surface area contributed by atoms with E-state index in [4.69, 9.17) is 14.2 Å². The predicted molar refractivity (Wildman–Crippen MR) is 233 cm³/mol.